The zero-order valence-corrected chi connectivity index (χ0v) is 23.0. The Kier molecular flexibility index (Phi) is 8.16. The van der Waals surface area contributed by atoms with Gasteiger partial charge in [0.2, 0.25) is 6.29 Å². The van der Waals surface area contributed by atoms with E-state index in [1.54, 1.807) is 75.3 Å². The van der Waals surface area contributed by atoms with Crippen LogP contribution in [-0.4, -0.2) is 56.1 Å². The quantitative estimate of drug-likeness (QED) is 0.307. The molecular formula is C25H36N4O8. The molecule has 0 aliphatic carbocycles. The highest BCUT2D eigenvalue weighted by Crippen LogP contribution is 2.35. The standard InChI is InChI=1S/C25H36N4O8/c1-15-18(16-12-11-13-17(14-16)29(33)34)27(20(30)35-23(2,3)4)19(26-15)28(21(31)36-24(5,6)7)22(32)37-25(8,9)10/h11-14,19,26H,1-10H3. The Labute approximate surface area is 216 Å². The molecule has 1 aromatic rings. The molecule has 12 heteroatoms. The molecule has 1 unspecified atom stereocenters. The van der Waals surface area contributed by atoms with E-state index in [0.717, 1.165) is 4.90 Å². The van der Waals surface area contributed by atoms with Crippen LogP contribution in [0.15, 0.2) is 30.0 Å². The Morgan fingerprint density at radius 1 is 0.919 bits per heavy atom. The Balaban J connectivity index is 2.69. The zero-order valence-electron chi connectivity index (χ0n) is 23.0. The van der Waals surface area contributed by atoms with Crippen molar-refractivity contribution in [3.8, 4) is 0 Å². The molecule has 0 saturated carbocycles. The summed E-state index contributed by atoms with van der Waals surface area (Å²) in [6, 6.07) is 5.63. The van der Waals surface area contributed by atoms with Crippen molar-refractivity contribution in [3.05, 3.63) is 45.6 Å². The maximum Gasteiger partial charge on any atom is 0.423 e. The van der Waals surface area contributed by atoms with Gasteiger partial charge in [-0.05, 0) is 69.2 Å². The number of amides is 3. The van der Waals surface area contributed by atoms with Gasteiger partial charge in [-0.3, -0.25) is 10.1 Å². The van der Waals surface area contributed by atoms with Crippen molar-refractivity contribution in [2.45, 2.75) is 92.3 Å². The van der Waals surface area contributed by atoms with Gasteiger partial charge in [0.15, 0.2) is 0 Å². The zero-order chi connectivity index (χ0) is 28.5. The number of nitrogens with one attached hydrogen (secondary N) is 1. The number of allylic oxidation sites excluding steroid dienone is 1. The number of carbonyl (C=O) groups excluding carboxylic acids is 3. The summed E-state index contributed by atoms with van der Waals surface area (Å²) in [5, 5.41) is 14.4. The smallest absolute Gasteiger partial charge is 0.423 e. The molecule has 0 spiro atoms. The lowest BCUT2D eigenvalue weighted by Gasteiger charge is -2.36. The van der Waals surface area contributed by atoms with Crippen LogP contribution in [-0.2, 0) is 14.2 Å². The van der Waals surface area contributed by atoms with Crippen LogP contribution >= 0.6 is 0 Å². The van der Waals surface area contributed by atoms with Gasteiger partial charge in [0.05, 0.1) is 10.6 Å². The number of nitrogens with zero attached hydrogens (tertiary/aromatic N) is 3. The van der Waals surface area contributed by atoms with Crippen LogP contribution in [0, 0.1) is 10.1 Å². The van der Waals surface area contributed by atoms with Crippen LogP contribution in [0.3, 0.4) is 0 Å². The molecule has 1 aliphatic heterocycles. The molecule has 37 heavy (non-hydrogen) atoms. The molecule has 0 bridgehead atoms. The summed E-state index contributed by atoms with van der Waals surface area (Å²) < 4.78 is 16.5. The Bertz CT molecular complexity index is 1080. The lowest BCUT2D eigenvalue weighted by molar-refractivity contribution is -0.384. The number of hydrogen-bond donors (Lipinski definition) is 1. The minimum atomic E-state index is -1.45. The van der Waals surface area contributed by atoms with Gasteiger partial charge in [0.25, 0.3) is 5.69 Å². The molecule has 1 N–H and O–H groups in total. The molecule has 204 valence electrons. The van der Waals surface area contributed by atoms with Gasteiger partial charge in [-0.15, -0.1) is 0 Å². The van der Waals surface area contributed by atoms with E-state index < -0.39 is 46.3 Å². The molecule has 1 atom stereocenters. The fourth-order valence-corrected chi connectivity index (χ4v) is 3.33. The number of rotatable bonds is 3. The number of non-ortho nitro benzene ring substituents is 1. The van der Waals surface area contributed by atoms with Crippen LogP contribution in [0.1, 0.15) is 74.8 Å². The fraction of sp³-hybridized carbons (Fsp3) is 0.560. The lowest BCUT2D eigenvalue weighted by atomic mass is 10.1. The first-order valence-corrected chi connectivity index (χ1v) is 11.7. The topological polar surface area (TPSA) is 141 Å². The third-order valence-corrected chi connectivity index (χ3v) is 4.53. The molecule has 2 rings (SSSR count). The van der Waals surface area contributed by atoms with Crippen LogP contribution in [0.25, 0.3) is 5.70 Å². The van der Waals surface area contributed by atoms with Gasteiger partial charge < -0.3 is 19.5 Å². The Hall–Kier alpha value is -3.83. The summed E-state index contributed by atoms with van der Waals surface area (Å²) in [5.41, 5.74) is -2.26. The average Bonchev–Trinajstić information content (AvgIpc) is 3.00. The normalized spacial score (nSPS) is 16.2. The van der Waals surface area contributed by atoms with Crippen molar-refractivity contribution >= 4 is 29.7 Å². The van der Waals surface area contributed by atoms with E-state index in [1.807, 2.05) is 0 Å². The monoisotopic (exact) mass is 520 g/mol. The van der Waals surface area contributed by atoms with Gasteiger partial charge in [-0.25, -0.2) is 19.3 Å². The maximum atomic E-state index is 13.5. The predicted octanol–water partition coefficient (Wildman–Crippen LogP) is 5.58. The molecule has 1 aromatic carbocycles. The highest BCUT2D eigenvalue weighted by Gasteiger charge is 2.47. The molecule has 0 saturated heterocycles. The molecule has 12 nitrogen and oxygen atoms in total. The molecule has 0 aromatic heterocycles. The van der Waals surface area contributed by atoms with Gasteiger partial charge in [-0.1, -0.05) is 12.1 Å². The first kappa shape index (κ1) is 29.4. The number of carbonyl (C=O) groups is 3. The second-order valence-corrected chi connectivity index (χ2v) is 11.5. The van der Waals surface area contributed by atoms with Crippen LogP contribution in [0.5, 0.6) is 0 Å². The number of hydrogen-bond acceptors (Lipinski definition) is 9. The van der Waals surface area contributed by atoms with Crippen molar-refractivity contribution in [1.29, 1.82) is 0 Å². The van der Waals surface area contributed by atoms with E-state index in [0.29, 0.717) is 16.2 Å². The average molecular weight is 521 g/mol. The van der Waals surface area contributed by atoms with Gasteiger partial charge in [0.1, 0.15) is 16.8 Å². The summed E-state index contributed by atoms with van der Waals surface area (Å²) in [6.07, 6.45) is -4.49. The van der Waals surface area contributed by atoms with Gasteiger partial charge >= 0.3 is 18.3 Å². The third-order valence-electron chi connectivity index (χ3n) is 4.53. The van der Waals surface area contributed by atoms with Gasteiger partial charge in [0, 0.05) is 23.4 Å². The molecule has 3 amide bonds. The summed E-state index contributed by atoms with van der Waals surface area (Å²) in [6.45, 7) is 16.4. The third kappa shape index (κ3) is 7.83. The van der Waals surface area contributed by atoms with Crippen molar-refractivity contribution in [2.24, 2.45) is 0 Å². The van der Waals surface area contributed by atoms with Gasteiger partial charge in [-0.2, -0.15) is 4.90 Å². The first-order valence-electron chi connectivity index (χ1n) is 11.7. The summed E-state index contributed by atoms with van der Waals surface area (Å²) in [4.78, 5) is 52.6. The Morgan fingerprint density at radius 3 is 1.84 bits per heavy atom. The molecule has 0 fully saturated rings. The minimum Gasteiger partial charge on any atom is -0.443 e. The largest absolute Gasteiger partial charge is 0.443 e. The number of nitro groups is 1. The predicted molar refractivity (Wildman–Crippen MR) is 135 cm³/mol. The van der Waals surface area contributed by atoms with Crippen LogP contribution < -0.4 is 5.32 Å². The van der Waals surface area contributed by atoms with E-state index in [1.165, 1.54) is 18.2 Å². The van der Waals surface area contributed by atoms with Crippen molar-refractivity contribution in [2.75, 3.05) is 0 Å². The van der Waals surface area contributed by atoms with E-state index >= 15 is 0 Å². The highest BCUT2D eigenvalue weighted by molar-refractivity contribution is 5.92. The van der Waals surface area contributed by atoms with E-state index in [9.17, 15) is 24.5 Å². The van der Waals surface area contributed by atoms with E-state index in [-0.39, 0.29) is 11.4 Å². The molecule has 1 aliphatic rings. The summed E-state index contributed by atoms with van der Waals surface area (Å²) in [5.74, 6) is 0. The number of benzene rings is 1. The number of ether oxygens (including phenoxy) is 3. The van der Waals surface area contributed by atoms with Crippen molar-refractivity contribution in [1.82, 2.24) is 15.1 Å². The lowest BCUT2D eigenvalue weighted by Crippen LogP contribution is -2.59. The van der Waals surface area contributed by atoms with Crippen molar-refractivity contribution in [3.63, 3.8) is 0 Å². The second-order valence-electron chi connectivity index (χ2n) is 11.5. The summed E-state index contributed by atoms with van der Waals surface area (Å²) in [7, 11) is 0. The SMILES string of the molecule is CC1=C(c2cccc([N+](=O)[O-])c2)N(C(=O)OC(C)(C)C)C(N(C(=O)OC(C)(C)C)C(=O)OC(C)(C)C)N1. The van der Waals surface area contributed by atoms with E-state index in [2.05, 4.69) is 5.32 Å². The fourth-order valence-electron chi connectivity index (χ4n) is 3.33. The molecular weight excluding hydrogens is 484 g/mol. The van der Waals surface area contributed by atoms with Crippen LogP contribution in [0.4, 0.5) is 20.1 Å². The number of imide groups is 1. The minimum absolute atomic E-state index is 0.181. The molecule has 0 radical (unpaired) electrons. The Morgan fingerprint density at radius 2 is 1.41 bits per heavy atom. The van der Waals surface area contributed by atoms with Crippen LogP contribution in [0.2, 0.25) is 0 Å². The highest BCUT2D eigenvalue weighted by atomic mass is 16.6. The summed E-state index contributed by atoms with van der Waals surface area (Å²) >= 11 is 0. The second kappa shape index (κ2) is 10.3. The van der Waals surface area contributed by atoms with Crippen molar-refractivity contribution < 1.29 is 33.5 Å². The number of nitro benzene ring substituents is 1. The van der Waals surface area contributed by atoms with E-state index in [4.69, 9.17) is 14.2 Å². The maximum absolute atomic E-state index is 13.5. The molecule has 1 heterocycles. The first-order chi connectivity index (χ1) is 16.7.